The van der Waals surface area contributed by atoms with Gasteiger partial charge >= 0.3 is 0 Å². The third-order valence-electron chi connectivity index (χ3n) is 2.25. The molecule has 88 valence electrons. The summed E-state index contributed by atoms with van der Waals surface area (Å²) < 4.78 is 4.85. The van der Waals surface area contributed by atoms with E-state index in [-0.39, 0.29) is 5.91 Å². The van der Waals surface area contributed by atoms with Gasteiger partial charge in [-0.1, -0.05) is 11.6 Å². The van der Waals surface area contributed by atoms with Crippen molar-refractivity contribution in [3.8, 4) is 0 Å². The van der Waals surface area contributed by atoms with E-state index in [1.165, 1.54) is 4.90 Å². The lowest BCUT2D eigenvalue weighted by molar-refractivity contribution is -0.119. The molecule has 0 aliphatic heterocycles. The van der Waals surface area contributed by atoms with Crippen LogP contribution in [0.2, 0.25) is 5.02 Å². The summed E-state index contributed by atoms with van der Waals surface area (Å²) in [6, 6.07) is 5.03. The Hall–Kier alpha value is -1.26. The van der Waals surface area contributed by atoms with Crippen LogP contribution in [0.15, 0.2) is 18.2 Å². The molecule has 2 N–H and O–H groups in total. The Morgan fingerprint density at radius 2 is 2.25 bits per heavy atom. The van der Waals surface area contributed by atoms with E-state index in [1.54, 1.807) is 32.4 Å². The smallest absolute Gasteiger partial charge is 0.229 e. The highest BCUT2D eigenvalue weighted by Gasteiger charge is 2.13. The maximum absolute atomic E-state index is 11.7. The summed E-state index contributed by atoms with van der Waals surface area (Å²) in [4.78, 5) is 13.2. The Bertz CT molecular complexity index is 382. The number of nitrogens with zero attached hydrogens (tertiary/aromatic N) is 1. The zero-order chi connectivity index (χ0) is 12.1. The molecule has 0 atom stereocenters. The van der Waals surface area contributed by atoms with Gasteiger partial charge < -0.3 is 15.4 Å². The van der Waals surface area contributed by atoms with Gasteiger partial charge in [-0.15, -0.1) is 0 Å². The number of halogens is 1. The lowest BCUT2D eigenvalue weighted by atomic mass is 10.2. The predicted octanol–water partition coefficient (Wildman–Crippen LogP) is 1.92. The second-order valence-electron chi connectivity index (χ2n) is 3.40. The number of anilines is 2. The van der Waals surface area contributed by atoms with E-state index >= 15 is 0 Å². The summed E-state index contributed by atoms with van der Waals surface area (Å²) in [5.74, 6) is -0.0594. The Balaban J connectivity index is 2.82. The molecule has 0 saturated carbocycles. The molecule has 0 aliphatic rings. The first-order valence-corrected chi connectivity index (χ1v) is 5.24. The number of amides is 1. The minimum absolute atomic E-state index is 0.0594. The Kier molecular flexibility index (Phi) is 4.58. The number of rotatable bonds is 4. The minimum atomic E-state index is -0.0594. The Morgan fingerprint density at radius 3 is 2.88 bits per heavy atom. The number of carbonyl (C=O) groups is 1. The van der Waals surface area contributed by atoms with Crippen molar-refractivity contribution in [2.75, 3.05) is 31.4 Å². The van der Waals surface area contributed by atoms with E-state index in [2.05, 4.69) is 0 Å². The van der Waals surface area contributed by atoms with Crippen molar-refractivity contribution < 1.29 is 9.53 Å². The van der Waals surface area contributed by atoms with Crippen molar-refractivity contribution >= 4 is 28.9 Å². The lowest BCUT2D eigenvalue weighted by Crippen LogP contribution is -2.27. The van der Waals surface area contributed by atoms with Crippen LogP contribution >= 0.6 is 11.6 Å². The monoisotopic (exact) mass is 242 g/mol. The highest BCUT2D eigenvalue weighted by molar-refractivity contribution is 6.31. The van der Waals surface area contributed by atoms with Crippen LogP contribution in [0.4, 0.5) is 11.4 Å². The highest BCUT2D eigenvalue weighted by Crippen LogP contribution is 2.26. The summed E-state index contributed by atoms with van der Waals surface area (Å²) >= 11 is 5.85. The van der Waals surface area contributed by atoms with E-state index in [1.807, 2.05) is 0 Å². The van der Waals surface area contributed by atoms with Gasteiger partial charge in [0.25, 0.3) is 0 Å². The van der Waals surface area contributed by atoms with Gasteiger partial charge in [0.15, 0.2) is 0 Å². The number of benzene rings is 1. The number of hydrogen-bond acceptors (Lipinski definition) is 3. The molecule has 0 unspecified atom stereocenters. The van der Waals surface area contributed by atoms with Gasteiger partial charge in [-0.05, 0) is 18.2 Å². The van der Waals surface area contributed by atoms with E-state index in [0.29, 0.717) is 29.4 Å². The van der Waals surface area contributed by atoms with E-state index < -0.39 is 0 Å². The van der Waals surface area contributed by atoms with Crippen molar-refractivity contribution in [2.24, 2.45) is 0 Å². The fraction of sp³-hybridized carbons (Fsp3) is 0.364. The average molecular weight is 243 g/mol. The number of carbonyl (C=O) groups excluding carboxylic acids is 1. The number of methoxy groups -OCH3 is 1. The van der Waals surface area contributed by atoms with Crippen molar-refractivity contribution in [1.82, 2.24) is 0 Å². The molecular formula is C11H15ClN2O2. The number of ether oxygens (including phenoxy) is 1. The average Bonchev–Trinajstić information content (AvgIpc) is 2.28. The molecule has 1 aromatic carbocycles. The first-order valence-electron chi connectivity index (χ1n) is 4.86. The molecule has 4 nitrogen and oxygen atoms in total. The molecule has 0 aliphatic carbocycles. The number of nitrogen functional groups attached to an aromatic ring is 1. The number of nitrogens with two attached hydrogens (primary N) is 1. The summed E-state index contributed by atoms with van der Waals surface area (Å²) in [6.45, 7) is 0.393. The molecule has 0 radical (unpaired) electrons. The SMILES string of the molecule is COCCC(=O)N(C)c1cc(Cl)ccc1N. The zero-order valence-electron chi connectivity index (χ0n) is 9.37. The molecule has 0 heterocycles. The van der Waals surface area contributed by atoms with Crippen molar-refractivity contribution in [1.29, 1.82) is 0 Å². The predicted molar refractivity (Wildman–Crippen MR) is 65.8 cm³/mol. The van der Waals surface area contributed by atoms with Crippen LogP contribution in [-0.4, -0.2) is 26.7 Å². The quantitative estimate of drug-likeness (QED) is 0.821. The molecule has 1 rings (SSSR count). The summed E-state index contributed by atoms with van der Waals surface area (Å²) in [6.07, 6.45) is 0.318. The Morgan fingerprint density at radius 1 is 1.56 bits per heavy atom. The van der Waals surface area contributed by atoms with Gasteiger partial charge in [-0.3, -0.25) is 4.79 Å². The molecule has 16 heavy (non-hydrogen) atoms. The van der Waals surface area contributed by atoms with Gasteiger partial charge in [0.1, 0.15) is 0 Å². The highest BCUT2D eigenvalue weighted by atomic mass is 35.5. The first kappa shape index (κ1) is 12.8. The minimum Gasteiger partial charge on any atom is -0.397 e. The van der Waals surface area contributed by atoms with Gasteiger partial charge in [0.2, 0.25) is 5.91 Å². The maximum Gasteiger partial charge on any atom is 0.229 e. The first-order chi connectivity index (χ1) is 7.56. The van der Waals surface area contributed by atoms with Gasteiger partial charge in [0.05, 0.1) is 24.4 Å². The number of hydrogen-bond donors (Lipinski definition) is 1. The third-order valence-corrected chi connectivity index (χ3v) is 2.48. The standard InChI is InChI=1S/C11H15ClN2O2/c1-14(11(15)5-6-16-2)10-7-8(12)3-4-9(10)13/h3-4,7H,5-6,13H2,1-2H3. The normalized spacial score (nSPS) is 10.2. The van der Waals surface area contributed by atoms with Crippen LogP contribution in [0, 0.1) is 0 Å². The van der Waals surface area contributed by atoms with Crippen molar-refractivity contribution in [3.63, 3.8) is 0 Å². The van der Waals surface area contributed by atoms with Crippen molar-refractivity contribution in [2.45, 2.75) is 6.42 Å². The van der Waals surface area contributed by atoms with Crippen LogP contribution in [0.25, 0.3) is 0 Å². The van der Waals surface area contributed by atoms with Crippen molar-refractivity contribution in [3.05, 3.63) is 23.2 Å². The van der Waals surface area contributed by atoms with Gasteiger partial charge in [0, 0.05) is 19.2 Å². The molecule has 0 aromatic heterocycles. The van der Waals surface area contributed by atoms with Gasteiger partial charge in [-0.25, -0.2) is 0 Å². The second-order valence-corrected chi connectivity index (χ2v) is 3.84. The third kappa shape index (κ3) is 3.12. The fourth-order valence-corrected chi connectivity index (χ4v) is 1.47. The molecule has 0 fully saturated rings. The fourth-order valence-electron chi connectivity index (χ4n) is 1.30. The van der Waals surface area contributed by atoms with E-state index in [9.17, 15) is 4.79 Å². The van der Waals surface area contributed by atoms with Crippen LogP contribution in [0.1, 0.15) is 6.42 Å². The molecule has 1 aromatic rings. The van der Waals surface area contributed by atoms with Crippen LogP contribution in [-0.2, 0) is 9.53 Å². The Labute approximate surface area is 99.9 Å². The molecule has 1 amide bonds. The summed E-state index contributed by atoms with van der Waals surface area (Å²) in [5.41, 5.74) is 6.92. The lowest BCUT2D eigenvalue weighted by Gasteiger charge is -2.19. The summed E-state index contributed by atoms with van der Waals surface area (Å²) in [7, 11) is 3.22. The molecule has 0 bridgehead atoms. The molecule has 5 heteroatoms. The molecule has 0 spiro atoms. The topological polar surface area (TPSA) is 55.6 Å². The van der Waals surface area contributed by atoms with E-state index in [4.69, 9.17) is 22.1 Å². The van der Waals surface area contributed by atoms with E-state index in [0.717, 1.165) is 0 Å². The van der Waals surface area contributed by atoms with Crippen LogP contribution in [0.3, 0.4) is 0 Å². The van der Waals surface area contributed by atoms with Gasteiger partial charge in [-0.2, -0.15) is 0 Å². The summed E-state index contributed by atoms with van der Waals surface area (Å²) in [5, 5.41) is 0.551. The molecular weight excluding hydrogens is 228 g/mol. The molecule has 0 saturated heterocycles. The van der Waals surface area contributed by atoms with Crippen LogP contribution < -0.4 is 10.6 Å². The maximum atomic E-state index is 11.7. The second kappa shape index (κ2) is 5.72. The zero-order valence-corrected chi connectivity index (χ0v) is 10.1. The largest absolute Gasteiger partial charge is 0.397 e. The van der Waals surface area contributed by atoms with Crippen LogP contribution in [0.5, 0.6) is 0 Å².